The molecular weight excluding hydrogens is 322 g/mol. The summed E-state index contributed by atoms with van der Waals surface area (Å²) in [6, 6.07) is 7.84. The molecule has 2 heterocycles. The first-order valence-corrected chi connectivity index (χ1v) is 8.36. The molecule has 0 atom stereocenters. The van der Waals surface area contributed by atoms with Crippen molar-refractivity contribution in [2.24, 2.45) is 0 Å². The molecule has 0 unspecified atom stereocenters. The minimum Gasteiger partial charge on any atom is -0.481 e. The second kappa shape index (κ2) is 6.36. The smallest absolute Gasteiger partial charge is 0.309 e. The summed E-state index contributed by atoms with van der Waals surface area (Å²) in [6.07, 6.45) is 1.65. The molecule has 1 aliphatic heterocycles. The Kier molecular flexibility index (Phi) is 4.47. The maximum Gasteiger partial charge on any atom is 0.309 e. The van der Waals surface area contributed by atoms with Gasteiger partial charge in [-0.25, -0.2) is 4.98 Å². The van der Waals surface area contributed by atoms with E-state index in [0.29, 0.717) is 23.9 Å². The molecule has 0 saturated carbocycles. The Morgan fingerprint density at radius 2 is 2.00 bits per heavy atom. The number of rotatable bonds is 4. The Morgan fingerprint density at radius 3 is 2.64 bits per heavy atom. The number of nitrogens with zero attached hydrogens (tertiary/aromatic N) is 1. The van der Waals surface area contributed by atoms with Gasteiger partial charge in [0.25, 0.3) is 0 Å². The highest BCUT2D eigenvalue weighted by molar-refractivity contribution is 7.09. The predicted octanol–water partition coefficient (Wildman–Crippen LogP) is 3.52. The molecule has 4 nitrogen and oxygen atoms in total. The van der Waals surface area contributed by atoms with E-state index in [9.17, 15) is 4.79 Å². The van der Waals surface area contributed by atoms with Crippen molar-refractivity contribution < 1.29 is 14.6 Å². The molecule has 0 radical (unpaired) electrons. The number of carboxylic acids is 1. The van der Waals surface area contributed by atoms with E-state index in [1.165, 1.54) is 11.3 Å². The van der Waals surface area contributed by atoms with Crippen LogP contribution >= 0.6 is 22.9 Å². The summed E-state index contributed by atoms with van der Waals surface area (Å²) in [5.74, 6) is -0.857. The predicted molar refractivity (Wildman–Crippen MR) is 85.7 cm³/mol. The van der Waals surface area contributed by atoms with Crippen LogP contribution in [0.5, 0.6) is 0 Å². The fourth-order valence-electron chi connectivity index (χ4n) is 2.88. The lowest BCUT2D eigenvalue weighted by molar-refractivity contribution is -0.136. The van der Waals surface area contributed by atoms with Crippen LogP contribution in [-0.2, 0) is 21.4 Å². The van der Waals surface area contributed by atoms with E-state index in [1.54, 1.807) is 0 Å². The molecule has 2 aromatic rings. The Morgan fingerprint density at radius 1 is 1.32 bits per heavy atom. The SMILES string of the molecule is O=C(O)Cc1csc(C2(c3ccc(Cl)cc3)CCOCC2)n1. The lowest BCUT2D eigenvalue weighted by Crippen LogP contribution is -2.35. The molecule has 1 saturated heterocycles. The lowest BCUT2D eigenvalue weighted by atomic mass is 9.74. The quantitative estimate of drug-likeness (QED) is 0.927. The molecule has 1 fully saturated rings. The third kappa shape index (κ3) is 3.02. The monoisotopic (exact) mass is 337 g/mol. The zero-order valence-electron chi connectivity index (χ0n) is 11.9. The van der Waals surface area contributed by atoms with Gasteiger partial charge in [-0.1, -0.05) is 23.7 Å². The van der Waals surface area contributed by atoms with Gasteiger partial charge in [-0.3, -0.25) is 4.79 Å². The van der Waals surface area contributed by atoms with E-state index >= 15 is 0 Å². The zero-order chi connectivity index (χ0) is 15.6. The molecule has 1 aromatic heterocycles. The number of hydrogen-bond acceptors (Lipinski definition) is 4. The van der Waals surface area contributed by atoms with Crippen molar-refractivity contribution in [2.45, 2.75) is 24.7 Å². The maximum atomic E-state index is 10.9. The van der Waals surface area contributed by atoms with Gasteiger partial charge >= 0.3 is 5.97 Å². The summed E-state index contributed by atoms with van der Waals surface area (Å²) in [7, 11) is 0. The van der Waals surface area contributed by atoms with Crippen LogP contribution in [-0.4, -0.2) is 29.3 Å². The van der Waals surface area contributed by atoms with Crippen LogP contribution in [0.15, 0.2) is 29.6 Å². The van der Waals surface area contributed by atoms with E-state index in [-0.39, 0.29) is 11.8 Å². The number of carboxylic acid groups (broad SMARTS) is 1. The summed E-state index contributed by atoms with van der Waals surface area (Å²) in [6.45, 7) is 1.35. The highest BCUT2D eigenvalue weighted by Gasteiger charge is 2.39. The largest absolute Gasteiger partial charge is 0.481 e. The molecule has 1 aliphatic rings. The average Bonchev–Trinajstić information content (AvgIpc) is 2.97. The number of aromatic nitrogens is 1. The van der Waals surface area contributed by atoms with Crippen molar-refractivity contribution in [1.82, 2.24) is 4.98 Å². The third-order valence-electron chi connectivity index (χ3n) is 4.04. The van der Waals surface area contributed by atoms with Gasteiger partial charge in [0.15, 0.2) is 0 Å². The first-order valence-electron chi connectivity index (χ1n) is 7.11. The summed E-state index contributed by atoms with van der Waals surface area (Å²) in [4.78, 5) is 15.5. The Bertz CT molecular complexity index is 662. The fourth-order valence-corrected chi connectivity index (χ4v) is 4.10. The normalized spacial score (nSPS) is 17.3. The molecule has 0 amide bonds. The van der Waals surface area contributed by atoms with Gasteiger partial charge in [0.2, 0.25) is 0 Å². The molecule has 6 heteroatoms. The first kappa shape index (κ1) is 15.5. The second-order valence-corrected chi connectivity index (χ2v) is 6.71. The highest BCUT2D eigenvalue weighted by Crippen LogP contribution is 2.42. The van der Waals surface area contributed by atoms with Crippen molar-refractivity contribution in [3.63, 3.8) is 0 Å². The van der Waals surface area contributed by atoms with E-state index in [1.807, 2.05) is 29.6 Å². The minimum atomic E-state index is -0.857. The number of thiazole rings is 1. The van der Waals surface area contributed by atoms with Gasteiger partial charge in [-0.05, 0) is 30.5 Å². The summed E-state index contributed by atoms with van der Waals surface area (Å²) in [5.41, 5.74) is 1.58. The molecule has 1 N–H and O–H groups in total. The number of aliphatic carboxylic acids is 1. The molecule has 116 valence electrons. The first-order chi connectivity index (χ1) is 10.6. The van der Waals surface area contributed by atoms with E-state index in [4.69, 9.17) is 21.4 Å². The fraction of sp³-hybridized carbons (Fsp3) is 0.375. The van der Waals surface area contributed by atoms with Gasteiger partial charge < -0.3 is 9.84 Å². The van der Waals surface area contributed by atoms with E-state index < -0.39 is 5.97 Å². The average molecular weight is 338 g/mol. The van der Waals surface area contributed by atoms with Crippen molar-refractivity contribution in [3.8, 4) is 0 Å². The van der Waals surface area contributed by atoms with Crippen LogP contribution in [0.2, 0.25) is 5.02 Å². The summed E-state index contributed by atoms with van der Waals surface area (Å²) >= 11 is 7.53. The Balaban J connectivity index is 2.00. The zero-order valence-corrected chi connectivity index (χ0v) is 13.5. The molecular formula is C16H16ClNO3S. The molecule has 3 rings (SSSR count). The van der Waals surface area contributed by atoms with Crippen LogP contribution in [0, 0.1) is 0 Å². The van der Waals surface area contributed by atoms with Crippen LogP contribution in [0.25, 0.3) is 0 Å². The van der Waals surface area contributed by atoms with Crippen LogP contribution < -0.4 is 0 Å². The van der Waals surface area contributed by atoms with E-state index in [2.05, 4.69) is 4.98 Å². The molecule has 0 spiro atoms. The summed E-state index contributed by atoms with van der Waals surface area (Å²) < 4.78 is 5.52. The molecule has 1 aromatic carbocycles. The maximum absolute atomic E-state index is 10.9. The molecule has 22 heavy (non-hydrogen) atoms. The van der Waals surface area contributed by atoms with Gasteiger partial charge in [0, 0.05) is 23.6 Å². The Labute approximate surface area is 137 Å². The number of hydrogen-bond donors (Lipinski definition) is 1. The van der Waals surface area contributed by atoms with Crippen LogP contribution in [0.4, 0.5) is 0 Å². The second-order valence-electron chi connectivity index (χ2n) is 5.42. The number of ether oxygens (including phenoxy) is 1. The van der Waals surface area contributed by atoms with Gasteiger partial charge in [-0.2, -0.15) is 0 Å². The van der Waals surface area contributed by atoms with Crippen molar-refractivity contribution in [2.75, 3.05) is 13.2 Å². The highest BCUT2D eigenvalue weighted by atomic mass is 35.5. The van der Waals surface area contributed by atoms with Crippen LogP contribution in [0.1, 0.15) is 29.1 Å². The standard InChI is InChI=1S/C16H16ClNO3S/c17-12-3-1-11(2-4-12)16(5-7-21-8-6-16)15-18-13(10-22-15)9-14(19)20/h1-4,10H,5-9H2,(H,19,20). The number of carbonyl (C=O) groups is 1. The van der Waals surface area contributed by atoms with E-state index in [0.717, 1.165) is 23.4 Å². The number of halogens is 1. The number of benzene rings is 1. The van der Waals surface area contributed by atoms with Gasteiger partial charge in [-0.15, -0.1) is 11.3 Å². The Hall–Kier alpha value is -1.43. The molecule has 0 bridgehead atoms. The van der Waals surface area contributed by atoms with Crippen LogP contribution in [0.3, 0.4) is 0 Å². The minimum absolute atomic E-state index is 0.0380. The van der Waals surface area contributed by atoms with Crippen molar-refractivity contribution in [3.05, 3.63) is 50.9 Å². The topological polar surface area (TPSA) is 59.4 Å². The van der Waals surface area contributed by atoms with Gasteiger partial charge in [0.1, 0.15) is 5.01 Å². The van der Waals surface area contributed by atoms with Gasteiger partial charge in [0.05, 0.1) is 17.5 Å². The summed E-state index contributed by atoms with van der Waals surface area (Å²) in [5, 5.41) is 12.4. The lowest BCUT2D eigenvalue weighted by Gasteiger charge is -2.36. The molecule has 0 aliphatic carbocycles. The van der Waals surface area contributed by atoms with Crippen molar-refractivity contribution in [1.29, 1.82) is 0 Å². The van der Waals surface area contributed by atoms with Crippen molar-refractivity contribution >= 4 is 28.9 Å². The third-order valence-corrected chi connectivity index (χ3v) is 5.38.